The van der Waals surface area contributed by atoms with E-state index in [2.05, 4.69) is 17.3 Å². The highest BCUT2D eigenvalue weighted by atomic mass is 16.5. The second-order valence-electron chi connectivity index (χ2n) is 5.74. The molecule has 1 aromatic heterocycles. The van der Waals surface area contributed by atoms with Crippen molar-refractivity contribution in [2.24, 2.45) is 0 Å². The van der Waals surface area contributed by atoms with Crippen LogP contribution in [-0.4, -0.2) is 10.9 Å². The van der Waals surface area contributed by atoms with Crippen LogP contribution in [0, 0.1) is 6.92 Å². The smallest absolute Gasteiger partial charge is 0.163 e. The van der Waals surface area contributed by atoms with E-state index in [-0.39, 0.29) is 11.7 Å². The molecular weight excluding hydrogens is 286 g/mol. The minimum absolute atomic E-state index is 0.0799. The Morgan fingerprint density at radius 1 is 1.04 bits per heavy atom. The van der Waals surface area contributed by atoms with E-state index in [4.69, 9.17) is 4.52 Å². The lowest BCUT2D eigenvalue weighted by molar-refractivity contribution is 0.0972. The third kappa shape index (κ3) is 3.95. The Morgan fingerprint density at radius 3 is 2.30 bits per heavy atom. The largest absolute Gasteiger partial charge is 0.361 e. The Kier molecular flexibility index (Phi) is 4.67. The lowest BCUT2D eigenvalue weighted by atomic mass is 9.88. The summed E-state index contributed by atoms with van der Waals surface area (Å²) in [6.45, 7) is 1.90. The fourth-order valence-electron chi connectivity index (χ4n) is 2.75. The molecule has 0 spiro atoms. The maximum absolute atomic E-state index is 12.6. The Balaban J connectivity index is 1.82. The van der Waals surface area contributed by atoms with Gasteiger partial charge in [0.15, 0.2) is 5.78 Å². The molecule has 0 fully saturated rings. The summed E-state index contributed by atoms with van der Waals surface area (Å²) in [6, 6.07) is 21.5. The zero-order valence-electron chi connectivity index (χ0n) is 13.1. The van der Waals surface area contributed by atoms with Crippen LogP contribution in [0.15, 0.2) is 71.3 Å². The summed E-state index contributed by atoms with van der Waals surface area (Å²) in [5.41, 5.74) is 2.76. The van der Waals surface area contributed by atoms with E-state index in [1.54, 1.807) is 0 Å². The Morgan fingerprint density at radius 2 is 1.70 bits per heavy atom. The van der Waals surface area contributed by atoms with Crippen LogP contribution in [0.5, 0.6) is 0 Å². The normalized spacial score (nSPS) is 12.0. The molecule has 23 heavy (non-hydrogen) atoms. The molecule has 1 atom stereocenters. The summed E-state index contributed by atoms with van der Waals surface area (Å²) in [4.78, 5) is 12.6. The number of hydrogen-bond acceptors (Lipinski definition) is 3. The van der Waals surface area contributed by atoms with Crippen LogP contribution in [-0.2, 0) is 6.42 Å². The van der Waals surface area contributed by atoms with E-state index >= 15 is 0 Å². The molecular formula is C20H19NO2. The topological polar surface area (TPSA) is 43.1 Å². The number of aryl methyl sites for hydroxylation is 1. The minimum Gasteiger partial charge on any atom is -0.361 e. The van der Waals surface area contributed by atoms with E-state index in [0.717, 1.165) is 22.6 Å². The lowest BCUT2D eigenvalue weighted by Crippen LogP contribution is -2.10. The van der Waals surface area contributed by atoms with Crippen molar-refractivity contribution >= 4 is 5.78 Å². The summed E-state index contributed by atoms with van der Waals surface area (Å²) in [7, 11) is 0. The van der Waals surface area contributed by atoms with Gasteiger partial charge >= 0.3 is 0 Å². The number of carbonyl (C=O) groups is 1. The van der Waals surface area contributed by atoms with Gasteiger partial charge in [0, 0.05) is 24.5 Å². The Hall–Kier alpha value is -2.68. The molecule has 0 aliphatic rings. The fraction of sp³-hybridized carbons (Fsp3) is 0.200. The summed E-state index contributed by atoms with van der Waals surface area (Å²) in [5.74, 6) is 1.05. The van der Waals surface area contributed by atoms with E-state index in [0.29, 0.717) is 12.8 Å². The molecule has 3 nitrogen and oxygen atoms in total. The molecule has 0 aliphatic heterocycles. The molecule has 0 saturated heterocycles. The molecule has 1 heterocycles. The summed E-state index contributed by atoms with van der Waals surface area (Å²) in [5, 5.41) is 3.94. The lowest BCUT2D eigenvalue weighted by Gasteiger charge is -2.15. The standard InChI is InChI=1S/C20H19NO2/c1-15-12-19(23-21-15)13-18(16-8-4-2-5-9-16)14-20(22)17-10-6-3-7-11-17/h2-12,18H,13-14H2,1H3. The number of ketones is 1. The Bertz CT molecular complexity index is 763. The molecule has 3 aromatic rings. The summed E-state index contributed by atoms with van der Waals surface area (Å²) < 4.78 is 5.34. The molecule has 116 valence electrons. The number of nitrogens with zero attached hydrogens (tertiary/aromatic N) is 1. The Labute approximate surface area is 135 Å². The van der Waals surface area contributed by atoms with Gasteiger partial charge in [-0.25, -0.2) is 0 Å². The van der Waals surface area contributed by atoms with Crippen molar-refractivity contribution in [3.8, 4) is 0 Å². The number of aromatic nitrogens is 1. The number of carbonyl (C=O) groups excluding carboxylic acids is 1. The van der Waals surface area contributed by atoms with Gasteiger partial charge in [0.05, 0.1) is 5.69 Å². The van der Waals surface area contributed by atoms with Gasteiger partial charge in [-0.1, -0.05) is 65.8 Å². The SMILES string of the molecule is Cc1cc(CC(CC(=O)c2ccccc2)c2ccccc2)on1. The van der Waals surface area contributed by atoms with Gasteiger partial charge in [0.25, 0.3) is 0 Å². The minimum atomic E-state index is 0.0799. The summed E-state index contributed by atoms with van der Waals surface area (Å²) in [6.07, 6.45) is 1.12. The second-order valence-corrected chi connectivity index (χ2v) is 5.74. The molecule has 3 rings (SSSR count). The molecule has 2 aromatic carbocycles. The van der Waals surface area contributed by atoms with E-state index < -0.39 is 0 Å². The van der Waals surface area contributed by atoms with Crippen LogP contribution >= 0.6 is 0 Å². The average Bonchev–Trinajstić information content (AvgIpc) is 3.01. The van der Waals surface area contributed by atoms with Crippen molar-refractivity contribution in [1.82, 2.24) is 5.16 Å². The predicted molar refractivity (Wildman–Crippen MR) is 89.5 cm³/mol. The molecule has 0 saturated carbocycles. The number of hydrogen-bond donors (Lipinski definition) is 0. The van der Waals surface area contributed by atoms with E-state index in [9.17, 15) is 4.79 Å². The predicted octanol–water partition coefficient (Wildman–Crippen LogP) is 4.58. The van der Waals surface area contributed by atoms with Crippen LogP contribution in [0.1, 0.15) is 39.7 Å². The molecule has 0 radical (unpaired) electrons. The van der Waals surface area contributed by atoms with Crippen molar-refractivity contribution in [2.75, 3.05) is 0 Å². The van der Waals surface area contributed by atoms with Crippen molar-refractivity contribution < 1.29 is 9.32 Å². The number of rotatable bonds is 6. The van der Waals surface area contributed by atoms with E-state index in [1.165, 1.54) is 0 Å². The highest BCUT2D eigenvalue weighted by Gasteiger charge is 2.19. The number of Topliss-reactive ketones (excluding diaryl/α,β-unsaturated/α-hetero) is 1. The second kappa shape index (κ2) is 7.05. The van der Waals surface area contributed by atoms with E-state index in [1.807, 2.05) is 61.5 Å². The van der Waals surface area contributed by atoms with Crippen LogP contribution < -0.4 is 0 Å². The highest BCUT2D eigenvalue weighted by Crippen LogP contribution is 2.26. The highest BCUT2D eigenvalue weighted by molar-refractivity contribution is 5.96. The molecule has 0 aliphatic carbocycles. The van der Waals surface area contributed by atoms with Crippen LogP contribution in [0.3, 0.4) is 0 Å². The van der Waals surface area contributed by atoms with Crippen LogP contribution in [0.2, 0.25) is 0 Å². The monoisotopic (exact) mass is 305 g/mol. The van der Waals surface area contributed by atoms with Crippen LogP contribution in [0.4, 0.5) is 0 Å². The summed E-state index contributed by atoms with van der Waals surface area (Å²) >= 11 is 0. The average molecular weight is 305 g/mol. The van der Waals surface area contributed by atoms with Crippen molar-refractivity contribution in [3.05, 3.63) is 89.3 Å². The third-order valence-corrected chi connectivity index (χ3v) is 3.92. The molecule has 1 unspecified atom stereocenters. The van der Waals surface area contributed by atoms with Gasteiger partial charge < -0.3 is 4.52 Å². The van der Waals surface area contributed by atoms with Gasteiger partial charge in [-0.15, -0.1) is 0 Å². The number of benzene rings is 2. The van der Waals surface area contributed by atoms with Gasteiger partial charge in [0.2, 0.25) is 0 Å². The zero-order chi connectivity index (χ0) is 16.1. The fourth-order valence-corrected chi connectivity index (χ4v) is 2.75. The maximum Gasteiger partial charge on any atom is 0.163 e. The van der Waals surface area contributed by atoms with Gasteiger partial charge in [-0.2, -0.15) is 0 Å². The molecule has 0 bridgehead atoms. The van der Waals surface area contributed by atoms with Crippen molar-refractivity contribution in [2.45, 2.75) is 25.7 Å². The van der Waals surface area contributed by atoms with Gasteiger partial charge in [-0.3, -0.25) is 4.79 Å². The zero-order valence-corrected chi connectivity index (χ0v) is 13.1. The van der Waals surface area contributed by atoms with Gasteiger partial charge in [-0.05, 0) is 18.4 Å². The first kappa shape index (κ1) is 15.2. The first-order chi connectivity index (χ1) is 11.2. The maximum atomic E-state index is 12.6. The molecule has 3 heteroatoms. The first-order valence-electron chi connectivity index (χ1n) is 7.78. The van der Waals surface area contributed by atoms with Crippen molar-refractivity contribution in [1.29, 1.82) is 0 Å². The first-order valence-corrected chi connectivity index (χ1v) is 7.78. The quantitative estimate of drug-likeness (QED) is 0.626. The molecule has 0 amide bonds. The van der Waals surface area contributed by atoms with Crippen molar-refractivity contribution in [3.63, 3.8) is 0 Å². The van der Waals surface area contributed by atoms with Crippen LogP contribution in [0.25, 0.3) is 0 Å². The molecule has 0 N–H and O–H groups in total. The van der Waals surface area contributed by atoms with Gasteiger partial charge in [0.1, 0.15) is 5.76 Å². The third-order valence-electron chi connectivity index (χ3n) is 3.92.